The van der Waals surface area contributed by atoms with Gasteiger partial charge >= 0.3 is 5.97 Å². The molecule has 0 amide bonds. The highest BCUT2D eigenvalue weighted by Gasteiger charge is 2.13. The zero-order valence-electron chi connectivity index (χ0n) is 9.53. The molecule has 0 saturated carbocycles. The molecule has 0 fully saturated rings. The van der Waals surface area contributed by atoms with E-state index in [1.165, 1.54) is 22.8 Å². The number of hydrogen-bond donors (Lipinski definition) is 1. The molecule has 18 heavy (non-hydrogen) atoms. The molecule has 0 atom stereocenters. The zero-order valence-corrected chi connectivity index (χ0v) is 9.53. The summed E-state index contributed by atoms with van der Waals surface area (Å²) >= 11 is 0. The largest absolute Gasteiger partial charge is 0.477 e. The molecule has 6 heteroatoms. The van der Waals surface area contributed by atoms with Crippen LogP contribution in [0.1, 0.15) is 10.5 Å². The van der Waals surface area contributed by atoms with Gasteiger partial charge in [0.05, 0.1) is 4.92 Å². The summed E-state index contributed by atoms with van der Waals surface area (Å²) < 4.78 is 1.53. The van der Waals surface area contributed by atoms with Crippen molar-refractivity contribution < 1.29 is 14.8 Å². The van der Waals surface area contributed by atoms with E-state index < -0.39 is 10.9 Å². The van der Waals surface area contributed by atoms with Crippen molar-refractivity contribution in [3.05, 3.63) is 52.2 Å². The van der Waals surface area contributed by atoms with Crippen LogP contribution in [0.4, 0.5) is 5.69 Å². The van der Waals surface area contributed by atoms with Crippen molar-refractivity contribution in [1.82, 2.24) is 4.57 Å². The Labute approximate surface area is 102 Å². The lowest BCUT2D eigenvalue weighted by Gasteiger charge is -2.05. The van der Waals surface area contributed by atoms with Crippen LogP contribution in [-0.2, 0) is 7.05 Å². The van der Waals surface area contributed by atoms with Crippen LogP contribution in [-0.4, -0.2) is 20.6 Å². The lowest BCUT2D eigenvalue weighted by molar-refractivity contribution is -0.384. The lowest BCUT2D eigenvalue weighted by Crippen LogP contribution is -2.05. The maximum atomic E-state index is 10.9. The van der Waals surface area contributed by atoms with Gasteiger partial charge in [-0.3, -0.25) is 10.1 Å². The maximum Gasteiger partial charge on any atom is 0.352 e. The first kappa shape index (κ1) is 11.8. The quantitative estimate of drug-likeness (QED) is 0.665. The number of carboxylic acid groups (broad SMARTS) is 1. The molecule has 2 rings (SSSR count). The van der Waals surface area contributed by atoms with Crippen molar-refractivity contribution in [2.75, 3.05) is 0 Å². The zero-order chi connectivity index (χ0) is 13.3. The minimum absolute atomic E-state index is 0.00594. The van der Waals surface area contributed by atoms with Crippen molar-refractivity contribution in [3.8, 4) is 11.3 Å². The fourth-order valence-electron chi connectivity index (χ4n) is 1.77. The van der Waals surface area contributed by atoms with E-state index >= 15 is 0 Å². The smallest absolute Gasteiger partial charge is 0.352 e. The van der Waals surface area contributed by atoms with E-state index in [-0.39, 0.29) is 11.4 Å². The van der Waals surface area contributed by atoms with Crippen LogP contribution >= 0.6 is 0 Å². The van der Waals surface area contributed by atoms with E-state index in [1.54, 1.807) is 25.2 Å². The number of aromatic carboxylic acids is 1. The second-order valence-corrected chi connectivity index (χ2v) is 3.77. The number of carboxylic acids is 1. The summed E-state index contributed by atoms with van der Waals surface area (Å²) in [6.45, 7) is 0. The fourth-order valence-corrected chi connectivity index (χ4v) is 1.77. The first-order valence-electron chi connectivity index (χ1n) is 5.14. The summed E-state index contributed by atoms with van der Waals surface area (Å²) in [5.41, 5.74) is 1.60. The standard InChI is InChI=1S/C12H10N2O4/c1-13-10(6-7-11(13)12(15)16)8-2-4-9(5-3-8)14(17)18/h2-7H,1H3,(H,15,16). The molecule has 0 aliphatic heterocycles. The Hall–Kier alpha value is -2.63. The number of aromatic nitrogens is 1. The Morgan fingerprint density at radius 2 is 1.83 bits per heavy atom. The van der Waals surface area contributed by atoms with Crippen LogP contribution < -0.4 is 0 Å². The van der Waals surface area contributed by atoms with Crippen molar-refractivity contribution in [3.63, 3.8) is 0 Å². The van der Waals surface area contributed by atoms with Gasteiger partial charge in [0.25, 0.3) is 5.69 Å². The van der Waals surface area contributed by atoms with Gasteiger partial charge in [0.1, 0.15) is 5.69 Å². The molecule has 0 spiro atoms. The third kappa shape index (κ3) is 1.95. The molecule has 92 valence electrons. The van der Waals surface area contributed by atoms with Gasteiger partial charge < -0.3 is 9.67 Å². The highest BCUT2D eigenvalue weighted by molar-refractivity contribution is 5.87. The third-order valence-corrected chi connectivity index (χ3v) is 2.71. The van der Waals surface area contributed by atoms with Crippen LogP contribution in [0.2, 0.25) is 0 Å². The van der Waals surface area contributed by atoms with Crippen molar-refractivity contribution in [2.24, 2.45) is 7.05 Å². The average Bonchev–Trinajstić information content (AvgIpc) is 2.71. The molecule has 6 nitrogen and oxygen atoms in total. The first-order valence-corrected chi connectivity index (χ1v) is 5.14. The number of hydrogen-bond acceptors (Lipinski definition) is 3. The second kappa shape index (κ2) is 4.33. The van der Waals surface area contributed by atoms with E-state index in [1.807, 2.05) is 0 Å². The van der Waals surface area contributed by atoms with Gasteiger partial charge in [-0.2, -0.15) is 0 Å². The fraction of sp³-hybridized carbons (Fsp3) is 0.0833. The summed E-state index contributed by atoms with van der Waals surface area (Å²) in [5, 5.41) is 19.5. The van der Waals surface area contributed by atoms with Crippen LogP contribution in [0.5, 0.6) is 0 Å². The second-order valence-electron chi connectivity index (χ2n) is 3.77. The van der Waals surface area contributed by atoms with Crippen LogP contribution in [0.25, 0.3) is 11.3 Å². The third-order valence-electron chi connectivity index (χ3n) is 2.71. The lowest BCUT2D eigenvalue weighted by atomic mass is 10.1. The van der Waals surface area contributed by atoms with E-state index in [2.05, 4.69) is 0 Å². The topological polar surface area (TPSA) is 85.4 Å². The van der Waals surface area contributed by atoms with Crippen molar-refractivity contribution >= 4 is 11.7 Å². The summed E-state index contributed by atoms with van der Waals surface area (Å²) in [6, 6.07) is 9.15. The monoisotopic (exact) mass is 246 g/mol. The van der Waals surface area contributed by atoms with Crippen LogP contribution in [0.15, 0.2) is 36.4 Å². The number of nitro groups is 1. The summed E-state index contributed by atoms with van der Waals surface area (Å²) in [5.74, 6) is -1.01. The van der Waals surface area contributed by atoms with Gasteiger partial charge in [-0.25, -0.2) is 4.79 Å². The van der Waals surface area contributed by atoms with Gasteiger partial charge in [0.2, 0.25) is 0 Å². The highest BCUT2D eigenvalue weighted by atomic mass is 16.6. The molecule has 0 saturated heterocycles. The summed E-state index contributed by atoms with van der Waals surface area (Å²) in [6.07, 6.45) is 0. The Morgan fingerprint density at radius 3 is 2.28 bits per heavy atom. The van der Waals surface area contributed by atoms with Crippen LogP contribution in [0.3, 0.4) is 0 Å². The number of rotatable bonds is 3. The summed E-state index contributed by atoms with van der Waals surface area (Å²) in [7, 11) is 1.64. The number of benzene rings is 1. The molecule has 1 heterocycles. The molecule has 2 aromatic rings. The Balaban J connectivity index is 2.43. The van der Waals surface area contributed by atoms with Gasteiger partial charge in [-0.1, -0.05) is 0 Å². The molecule has 0 unspecified atom stereocenters. The molecule has 1 aromatic heterocycles. The van der Waals surface area contributed by atoms with Gasteiger partial charge in [0.15, 0.2) is 0 Å². The van der Waals surface area contributed by atoms with E-state index in [0.717, 1.165) is 5.56 Å². The highest BCUT2D eigenvalue weighted by Crippen LogP contribution is 2.24. The number of non-ortho nitro benzene ring substituents is 1. The number of carbonyl (C=O) groups is 1. The number of nitrogens with zero attached hydrogens (tertiary/aromatic N) is 2. The normalized spacial score (nSPS) is 10.3. The van der Waals surface area contributed by atoms with Gasteiger partial charge in [-0.05, 0) is 29.8 Å². The minimum atomic E-state index is -1.01. The molecule has 1 aromatic carbocycles. The average molecular weight is 246 g/mol. The molecule has 0 bridgehead atoms. The Kier molecular flexibility index (Phi) is 2.85. The molecule has 0 aliphatic carbocycles. The predicted octanol–water partition coefficient (Wildman–Crippen LogP) is 2.30. The SMILES string of the molecule is Cn1c(C(=O)O)ccc1-c1ccc([N+](=O)[O-])cc1. The molecular formula is C12H10N2O4. The number of nitro benzene ring substituents is 1. The Bertz CT molecular complexity index is 614. The van der Waals surface area contributed by atoms with Crippen molar-refractivity contribution in [2.45, 2.75) is 0 Å². The van der Waals surface area contributed by atoms with Crippen LogP contribution in [0, 0.1) is 10.1 Å². The molecule has 0 aliphatic rings. The van der Waals surface area contributed by atoms with E-state index in [9.17, 15) is 14.9 Å². The predicted molar refractivity (Wildman–Crippen MR) is 64.5 cm³/mol. The Morgan fingerprint density at radius 1 is 1.22 bits per heavy atom. The first-order chi connectivity index (χ1) is 8.50. The summed E-state index contributed by atoms with van der Waals surface area (Å²) in [4.78, 5) is 21.0. The minimum Gasteiger partial charge on any atom is -0.477 e. The van der Waals surface area contributed by atoms with Gasteiger partial charge in [0, 0.05) is 24.9 Å². The van der Waals surface area contributed by atoms with Crippen molar-refractivity contribution in [1.29, 1.82) is 0 Å². The van der Waals surface area contributed by atoms with Gasteiger partial charge in [-0.15, -0.1) is 0 Å². The molecule has 0 radical (unpaired) electrons. The molecule has 1 N–H and O–H groups in total. The molecular weight excluding hydrogens is 236 g/mol. The maximum absolute atomic E-state index is 10.9. The van der Waals surface area contributed by atoms with E-state index in [4.69, 9.17) is 5.11 Å². The van der Waals surface area contributed by atoms with E-state index in [0.29, 0.717) is 5.69 Å².